The SMILES string of the molecule is OB(O)c1ccc(OC2CCCOC2)cc1F. The van der Waals surface area contributed by atoms with Crippen LogP contribution in [0.3, 0.4) is 0 Å². The summed E-state index contributed by atoms with van der Waals surface area (Å²) in [6.45, 7) is 1.25. The molecule has 1 aromatic rings. The van der Waals surface area contributed by atoms with E-state index in [1.807, 2.05) is 0 Å². The van der Waals surface area contributed by atoms with E-state index in [0.29, 0.717) is 12.4 Å². The van der Waals surface area contributed by atoms with Crippen molar-refractivity contribution in [2.24, 2.45) is 0 Å². The van der Waals surface area contributed by atoms with Gasteiger partial charge >= 0.3 is 7.12 Å². The molecule has 2 N–H and O–H groups in total. The van der Waals surface area contributed by atoms with Crippen LogP contribution < -0.4 is 10.2 Å². The molecule has 1 aliphatic rings. The number of benzene rings is 1. The molecule has 0 bridgehead atoms. The minimum atomic E-state index is -1.80. The van der Waals surface area contributed by atoms with Crippen LogP contribution >= 0.6 is 0 Å². The second kappa shape index (κ2) is 5.49. The molecule has 4 nitrogen and oxygen atoms in total. The maximum absolute atomic E-state index is 13.4. The molecule has 1 unspecified atom stereocenters. The third kappa shape index (κ3) is 3.18. The first-order chi connectivity index (χ1) is 8.16. The van der Waals surface area contributed by atoms with E-state index in [0.717, 1.165) is 25.5 Å². The zero-order valence-corrected chi connectivity index (χ0v) is 9.30. The van der Waals surface area contributed by atoms with Crippen LogP contribution in [-0.2, 0) is 4.74 Å². The molecule has 0 aliphatic carbocycles. The van der Waals surface area contributed by atoms with Crippen LogP contribution in [0.4, 0.5) is 4.39 Å². The lowest BCUT2D eigenvalue weighted by molar-refractivity contribution is 0.00732. The number of halogens is 1. The smallest absolute Gasteiger partial charge is 0.488 e. The Morgan fingerprint density at radius 1 is 1.41 bits per heavy atom. The Kier molecular flexibility index (Phi) is 3.99. The van der Waals surface area contributed by atoms with Gasteiger partial charge in [-0.05, 0) is 18.9 Å². The average molecular weight is 240 g/mol. The van der Waals surface area contributed by atoms with Crippen molar-refractivity contribution < 1.29 is 23.9 Å². The zero-order chi connectivity index (χ0) is 12.3. The monoisotopic (exact) mass is 240 g/mol. The summed E-state index contributed by atoms with van der Waals surface area (Å²) in [5.41, 5.74) is -0.155. The Morgan fingerprint density at radius 3 is 2.82 bits per heavy atom. The molecule has 0 radical (unpaired) electrons. The molecule has 0 spiro atoms. The van der Waals surface area contributed by atoms with Crippen molar-refractivity contribution in [2.45, 2.75) is 18.9 Å². The summed E-state index contributed by atoms with van der Waals surface area (Å²) in [5, 5.41) is 17.7. The standard InChI is InChI=1S/C11H14BFO4/c13-11-6-8(3-4-10(11)12(14)15)17-9-2-1-5-16-7-9/h3-4,6,9,14-15H,1-2,5,7H2. The Bertz CT molecular complexity index is 380. The van der Waals surface area contributed by atoms with Gasteiger partial charge in [0, 0.05) is 18.1 Å². The third-order valence-electron chi connectivity index (χ3n) is 2.67. The van der Waals surface area contributed by atoms with Gasteiger partial charge in [0.1, 0.15) is 17.7 Å². The van der Waals surface area contributed by atoms with Gasteiger partial charge in [0.25, 0.3) is 0 Å². The molecular weight excluding hydrogens is 226 g/mol. The average Bonchev–Trinajstić information content (AvgIpc) is 2.30. The summed E-state index contributed by atoms with van der Waals surface area (Å²) in [4.78, 5) is 0. The molecule has 2 rings (SSSR count). The molecule has 0 saturated carbocycles. The molecule has 92 valence electrons. The van der Waals surface area contributed by atoms with E-state index in [2.05, 4.69) is 0 Å². The van der Waals surface area contributed by atoms with E-state index in [4.69, 9.17) is 19.5 Å². The predicted molar refractivity (Wildman–Crippen MR) is 60.7 cm³/mol. The Hall–Kier alpha value is -1.11. The van der Waals surface area contributed by atoms with Gasteiger partial charge in [-0.1, -0.05) is 6.07 Å². The van der Waals surface area contributed by atoms with E-state index < -0.39 is 12.9 Å². The van der Waals surface area contributed by atoms with Gasteiger partial charge in [-0.3, -0.25) is 0 Å². The first kappa shape index (κ1) is 12.4. The van der Waals surface area contributed by atoms with Crippen LogP contribution in [0.5, 0.6) is 5.75 Å². The highest BCUT2D eigenvalue weighted by Crippen LogP contribution is 2.17. The summed E-state index contributed by atoms with van der Waals surface area (Å²) in [5.74, 6) is -0.309. The first-order valence-corrected chi connectivity index (χ1v) is 5.57. The third-order valence-corrected chi connectivity index (χ3v) is 2.67. The van der Waals surface area contributed by atoms with E-state index in [1.165, 1.54) is 12.1 Å². The zero-order valence-electron chi connectivity index (χ0n) is 9.30. The molecule has 0 amide bonds. The van der Waals surface area contributed by atoms with Crippen molar-refractivity contribution in [3.63, 3.8) is 0 Å². The van der Waals surface area contributed by atoms with Crippen molar-refractivity contribution >= 4 is 12.6 Å². The second-order valence-corrected chi connectivity index (χ2v) is 4.01. The van der Waals surface area contributed by atoms with Crippen molar-refractivity contribution in [3.8, 4) is 5.75 Å². The van der Waals surface area contributed by atoms with E-state index in [-0.39, 0.29) is 11.6 Å². The number of hydrogen-bond donors (Lipinski definition) is 2. The largest absolute Gasteiger partial charge is 0.491 e. The quantitative estimate of drug-likeness (QED) is 0.733. The highest BCUT2D eigenvalue weighted by atomic mass is 19.1. The molecule has 1 atom stereocenters. The lowest BCUT2D eigenvalue weighted by Gasteiger charge is -2.23. The van der Waals surface area contributed by atoms with Crippen molar-refractivity contribution in [2.75, 3.05) is 13.2 Å². The van der Waals surface area contributed by atoms with Gasteiger partial charge in [0.15, 0.2) is 0 Å². The fraction of sp³-hybridized carbons (Fsp3) is 0.455. The number of hydrogen-bond acceptors (Lipinski definition) is 4. The maximum atomic E-state index is 13.4. The molecule has 1 heterocycles. The minimum Gasteiger partial charge on any atom is -0.488 e. The van der Waals surface area contributed by atoms with Gasteiger partial charge < -0.3 is 19.5 Å². The van der Waals surface area contributed by atoms with Crippen LogP contribution in [0, 0.1) is 5.82 Å². The van der Waals surface area contributed by atoms with Crippen LogP contribution in [0.25, 0.3) is 0 Å². The molecule has 17 heavy (non-hydrogen) atoms. The second-order valence-electron chi connectivity index (χ2n) is 4.01. The van der Waals surface area contributed by atoms with E-state index in [1.54, 1.807) is 0 Å². The van der Waals surface area contributed by atoms with Crippen LogP contribution in [0.15, 0.2) is 18.2 Å². The van der Waals surface area contributed by atoms with Crippen LogP contribution in [0.2, 0.25) is 0 Å². The Balaban J connectivity index is 2.04. The summed E-state index contributed by atoms with van der Waals surface area (Å²) in [7, 11) is -1.80. The summed E-state index contributed by atoms with van der Waals surface area (Å²) in [6, 6.07) is 3.98. The van der Waals surface area contributed by atoms with Gasteiger partial charge in [0.05, 0.1) is 6.61 Å². The molecule has 6 heteroatoms. The predicted octanol–water partition coefficient (Wildman–Crippen LogP) is 0.0633. The van der Waals surface area contributed by atoms with Gasteiger partial charge in [-0.2, -0.15) is 0 Å². The lowest BCUT2D eigenvalue weighted by Crippen LogP contribution is -2.33. The minimum absolute atomic E-state index is 0.0620. The molecule has 1 aromatic carbocycles. The van der Waals surface area contributed by atoms with Gasteiger partial charge in [0.2, 0.25) is 0 Å². The maximum Gasteiger partial charge on any atom is 0.491 e. The van der Waals surface area contributed by atoms with E-state index in [9.17, 15) is 4.39 Å². The summed E-state index contributed by atoms with van der Waals surface area (Å²) < 4.78 is 24.2. The summed E-state index contributed by atoms with van der Waals surface area (Å²) >= 11 is 0. The van der Waals surface area contributed by atoms with Gasteiger partial charge in [-0.25, -0.2) is 4.39 Å². The van der Waals surface area contributed by atoms with Gasteiger partial charge in [-0.15, -0.1) is 0 Å². The highest BCUT2D eigenvalue weighted by Gasteiger charge is 2.19. The number of rotatable bonds is 3. The lowest BCUT2D eigenvalue weighted by atomic mass is 9.80. The fourth-order valence-electron chi connectivity index (χ4n) is 1.79. The molecule has 1 fully saturated rings. The van der Waals surface area contributed by atoms with E-state index >= 15 is 0 Å². The Labute approximate surface area is 99.1 Å². The normalized spacial score (nSPS) is 20.1. The van der Waals surface area contributed by atoms with Crippen LogP contribution in [0.1, 0.15) is 12.8 Å². The highest BCUT2D eigenvalue weighted by molar-refractivity contribution is 6.58. The molecule has 0 aromatic heterocycles. The fourth-order valence-corrected chi connectivity index (χ4v) is 1.79. The van der Waals surface area contributed by atoms with Crippen molar-refractivity contribution in [1.82, 2.24) is 0 Å². The van der Waals surface area contributed by atoms with Crippen molar-refractivity contribution in [3.05, 3.63) is 24.0 Å². The Morgan fingerprint density at radius 2 is 2.24 bits per heavy atom. The molecule has 1 saturated heterocycles. The van der Waals surface area contributed by atoms with Crippen molar-refractivity contribution in [1.29, 1.82) is 0 Å². The summed E-state index contributed by atoms with van der Waals surface area (Å²) in [6.07, 6.45) is 1.75. The van der Waals surface area contributed by atoms with Crippen LogP contribution in [-0.4, -0.2) is 36.5 Å². The number of ether oxygens (including phenoxy) is 2. The first-order valence-electron chi connectivity index (χ1n) is 5.57. The topological polar surface area (TPSA) is 58.9 Å². The molecular formula is C11H14BFO4. The molecule has 1 aliphatic heterocycles.